The Kier molecular flexibility index (Phi) is 4.49. The van der Waals surface area contributed by atoms with Crippen LogP contribution in [0.15, 0.2) is 18.2 Å². The first-order chi connectivity index (χ1) is 8.29. The standard InChI is InChI=1S/C12H19N3O3/c1-12(2,3)14-7-6-13-10-5-4-9(16)8-11(10)15(17)18/h4-5,8,13-14,16H,6-7H2,1-3H3. The van der Waals surface area contributed by atoms with Gasteiger partial charge in [-0.3, -0.25) is 10.1 Å². The van der Waals surface area contributed by atoms with Crippen LogP contribution in [-0.4, -0.2) is 28.7 Å². The van der Waals surface area contributed by atoms with Gasteiger partial charge in [-0.15, -0.1) is 0 Å². The number of aromatic hydroxyl groups is 1. The summed E-state index contributed by atoms with van der Waals surface area (Å²) in [6.45, 7) is 7.42. The Bertz CT molecular complexity index is 427. The van der Waals surface area contributed by atoms with Gasteiger partial charge in [-0.2, -0.15) is 0 Å². The second-order valence-corrected chi connectivity index (χ2v) is 5.06. The third-order valence-corrected chi connectivity index (χ3v) is 2.27. The molecule has 0 atom stereocenters. The fraction of sp³-hybridized carbons (Fsp3) is 0.500. The van der Waals surface area contributed by atoms with Crippen molar-refractivity contribution in [1.29, 1.82) is 0 Å². The molecule has 1 aromatic carbocycles. The molecule has 6 nitrogen and oxygen atoms in total. The Hall–Kier alpha value is -1.82. The summed E-state index contributed by atoms with van der Waals surface area (Å²) in [5, 5.41) is 26.3. The number of nitrogens with zero attached hydrogens (tertiary/aromatic N) is 1. The molecule has 0 unspecified atom stereocenters. The molecule has 0 aliphatic rings. The lowest BCUT2D eigenvalue weighted by molar-refractivity contribution is -0.384. The molecule has 0 aromatic heterocycles. The number of anilines is 1. The Morgan fingerprint density at radius 3 is 2.56 bits per heavy atom. The highest BCUT2D eigenvalue weighted by Gasteiger charge is 2.14. The summed E-state index contributed by atoms with van der Waals surface area (Å²) in [5.41, 5.74) is 0.307. The largest absolute Gasteiger partial charge is 0.508 e. The first-order valence-corrected chi connectivity index (χ1v) is 5.76. The minimum Gasteiger partial charge on any atom is -0.508 e. The third kappa shape index (κ3) is 4.58. The number of rotatable bonds is 5. The lowest BCUT2D eigenvalue weighted by Crippen LogP contribution is -2.38. The van der Waals surface area contributed by atoms with E-state index in [1.54, 1.807) is 0 Å². The van der Waals surface area contributed by atoms with Crippen molar-refractivity contribution < 1.29 is 10.0 Å². The van der Waals surface area contributed by atoms with Crippen molar-refractivity contribution in [1.82, 2.24) is 5.32 Å². The highest BCUT2D eigenvalue weighted by Crippen LogP contribution is 2.27. The molecule has 18 heavy (non-hydrogen) atoms. The van der Waals surface area contributed by atoms with E-state index in [0.717, 1.165) is 6.07 Å². The van der Waals surface area contributed by atoms with E-state index in [0.29, 0.717) is 18.8 Å². The van der Waals surface area contributed by atoms with Gasteiger partial charge in [0.2, 0.25) is 0 Å². The van der Waals surface area contributed by atoms with Crippen LogP contribution in [0.2, 0.25) is 0 Å². The minimum atomic E-state index is -0.515. The van der Waals surface area contributed by atoms with E-state index in [1.165, 1.54) is 12.1 Å². The van der Waals surface area contributed by atoms with Crippen molar-refractivity contribution in [3.8, 4) is 5.75 Å². The van der Waals surface area contributed by atoms with Crippen molar-refractivity contribution in [3.63, 3.8) is 0 Å². The van der Waals surface area contributed by atoms with Crippen LogP contribution in [0.5, 0.6) is 5.75 Å². The maximum Gasteiger partial charge on any atom is 0.296 e. The molecule has 0 saturated carbocycles. The second-order valence-electron chi connectivity index (χ2n) is 5.06. The maximum absolute atomic E-state index is 10.8. The van der Waals surface area contributed by atoms with Crippen LogP contribution >= 0.6 is 0 Å². The molecule has 0 saturated heterocycles. The van der Waals surface area contributed by atoms with Gasteiger partial charge in [0.05, 0.1) is 11.0 Å². The zero-order chi connectivity index (χ0) is 13.8. The number of nitro groups is 1. The normalized spacial score (nSPS) is 11.3. The van der Waals surface area contributed by atoms with Gasteiger partial charge in [0.1, 0.15) is 11.4 Å². The molecule has 0 heterocycles. The van der Waals surface area contributed by atoms with Crippen molar-refractivity contribution in [3.05, 3.63) is 28.3 Å². The molecule has 0 bridgehead atoms. The second kappa shape index (κ2) is 5.68. The molecule has 0 amide bonds. The molecule has 0 fully saturated rings. The molecule has 0 spiro atoms. The molecule has 0 aliphatic heterocycles. The van der Waals surface area contributed by atoms with Gasteiger partial charge in [-0.1, -0.05) is 0 Å². The van der Waals surface area contributed by atoms with Crippen LogP contribution in [0.4, 0.5) is 11.4 Å². The summed E-state index contributed by atoms with van der Waals surface area (Å²) < 4.78 is 0. The molecule has 0 radical (unpaired) electrons. The van der Waals surface area contributed by atoms with E-state index in [-0.39, 0.29) is 17.0 Å². The van der Waals surface area contributed by atoms with Crippen LogP contribution in [0.1, 0.15) is 20.8 Å². The average molecular weight is 253 g/mol. The molecular weight excluding hydrogens is 234 g/mol. The van der Waals surface area contributed by atoms with Crippen LogP contribution in [0, 0.1) is 10.1 Å². The van der Waals surface area contributed by atoms with Crippen LogP contribution in [-0.2, 0) is 0 Å². The Morgan fingerprint density at radius 1 is 1.33 bits per heavy atom. The molecular formula is C12H19N3O3. The van der Waals surface area contributed by atoms with Gasteiger partial charge < -0.3 is 15.7 Å². The average Bonchev–Trinajstić information content (AvgIpc) is 2.24. The molecule has 6 heteroatoms. The number of phenols is 1. The van der Waals surface area contributed by atoms with E-state index in [4.69, 9.17) is 0 Å². The summed E-state index contributed by atoms with van der Waals surface area (Å²) in [4.78, 5) is 10.3. The van der Waals surface area contributed by atoms with E-state index < -0.39 is 4.92 Å². The van der Waals surface area contributed by atoms with Crippen molar-refractivity contribution in [2.75, 3.05) is 18.4 Å². The molecule has 3 N–H and O–H groups in total. The number of phenolic OH excluding ortho intramolecular Hbond substituents is 1. The zero-order valence-corrected chi connectivity index (χ0v) is 10.9. The Balaban J connectivity index is 2.59. The smallest absolute Gasteiger partial charge is 0.296 e. The van der Waals surface area contributed by atoms with E-state index in [9.17, 15) is 15.2 Å². The van der Waals surface area contributed by atoms with Crippen molar-refractivity contribution in [2.45, 2.75) is 26.3 Å². The summed E-state index contributed by atoms with van der Waals surface area (Å²) in [6.07, 6.45) is 0. The Labute approximate surface area is 106 Å². The molecule has 0 aliphatic carbocycles. The summed E-state index contributed by atoms with van der Waals surface area (Å²) >= 11 is 0. The Morgan fingerprint density at radius 2 is 2.00 bits per heavy atom. The predicted molar refractivity (Wildman–Crippen MR) is 71.0 cm³/mol. The number of nitrogens with one attached hydrogen (secondary N) is 2. The van der Waals surface area contributed by atoms with Crippen LogP contribution in [0.3, 0.4) is 0 Å². The number of hydrogen-bond acceptors (Lipinski definition) is 5. The minimum absolute atomic E-state index is 0.0164. The quantitative estimate of drug-likeness (QED) is 0.324. The van der Waals surface area contributed by atoms with Crippen molar-refractivity contribution in [2.24, 2.45) is 0 Å². The molecule has 1 rings (SSSR count). The summed E-state index contributed by atoms with van der Waals surface area (Å²) in [5.74, 6) is -0.111. The van der Waals surface area contributed by atoms with Gasteiger partial charge in [-0.25, -0.2) is 0 Å². The van der Waals surface area contributed by atoms with E-state index in [2.05, 4.69) is 31.4 Å². The van der Waals surface area contributed by atoms with Gasteiger partial charge >= 0.3 is 0 Å². The fourth-order valence-corrected chi connectivity index (χ4v) is 1.46. The highest BCUT2D eigenvalue weighted by molar-refractivity contribution is 5.63. The fourth-order valence-electron chi connectivity index (χ4n) is 1.46. The maximum atomic E-state index is 10.8. The first kappa shape index (κ1) is 14.2. The lowest BCUT2D eigenvalue weighted by atomic mass is 10.1. The number of hydrogen-bond donors (Lipinski definition) is 3. The van der Waals surface area contributed by atoms with Gasteiger partial charge in [0.15, 0.2) is 0 Å². The van der Waals surface area contributed by atoms with E-state index >= 15 is 0 Å². The van der Waals surface area contributed by atoms with Gasteiger partial charge in [0.25, 0.3) is 5.69 Å². The van der Waals surface area contributed by atoms with Gasteiger partial charge in [-0.05, 0) is 32.9 Å². The third-order valence-electron chi connectivity index (χ3n) is 2.27. The zero-order valence-electron chi connectivity index (χ0n) is 10.9. The number of benzene rings is 1. The lowest BCUT2D eigenvalue weighted by Gasteiger charge is -2.20. The SMILES string of the molecule is CC(C)(C)NCCNc1ccc(O)cc1[N+](=O)[O-]. The molecule has 100 valence electrons. The molecule has 1 aromatic rings. The van der Waals surface area contributed by atoms with Gasteiger partial charge in [0, 0.05) is 18.6 Å². The monoisotopic (exact) mass is 253 g/mol. The topological polar surface area (TPSA) is 87.4 Å². The summed E-state index contributed by atoms with van der Waals surface area (Å²) in [7, 11) is 0. The van der Waals surface area contributed by atoms with Crippen molar-refractivity contribution >= 4 is 11.4 Å². The van der Waals surface area contributed by atoms with Crippen LogP contribution < -0.4 is 10.6 Å². The van der Waals surface area contributed by atoms with E-state index in [1.807, 2.05) is 0 Å². The van der Waals surface area contributed by atoms with Crippen LogP contribution in [0.25, 0.3) is 0 Å². The highest BCUT2D eigenvalue weighted by atomic mass is 16.6. The summed E-state index contributed by atoms with van der Waals surface area (Å²) in [6, 6.07) is 4.07. The number of nitro benzene ring substituents is 1. The predicted octanol–water partition coefficient (Wildman–Crippen LogP) is 2.10. The first-order valence-electron chi connectivity index (χ1n) is 5.76.